The molecule has 0 aliphatic heterocycles. The summed E-state index contributed by atoms with van der Waals surface area (Å²) in [4.78, 5) is 9.23. The lowest BCUT2D eigenvalue weighted by Gasteiger charge is -2.02. The fraction of sp³-hybridized carbons (Fsp3) is 0.143. The van der Waals surface area contributed by atoms with Crippen LogP contribution in [0.5, 0.6) is 0 Å². The Bertz CT molecular complexity index is 546. The molecule has 0 amide bonds. The third kappa shape index (κ3) is 2.86. The minimum absolute atomic E-state index is 0.606. The fourth-order valence-electron chi connectivity index (χ4n) is 1.03. The summed E-state index contributed by atoms with van der Waals surface area (Å²) in [6, 6.07) is 1.22. The summed E-state index contributed by atoms with van der Waals surface area (Å²) >= 11 is 0. The van der Waals surface area contributed by atoms with Crippen LogP contribution in [-0.2, 0) is 14.8 Å². The zero-order valence-corrected chi connectivity index (χ0v) is 9.06. The number of rotatable bonds is 3. The second-order valence-electron chi connectivity index (χ2n) is 2.80. The summed E-state index contributed by atoms with van der Waals surface area (Å²) in [5, 5.41) is 10.3. The molecule has 0 unspecified atom stereocenters. The molecule has 0 bridgehead atoms. The first-order valence-electron chi connectivity index (χ1n) is 3.76. The molecule has 0 N–H and O–H groups in total. The average Bonchev–Trinajstić information content (AvgIpc) is 2.10. The van der Waals surface area contributed by atoms with Gasteiger partial charge in [0.25, 0.3) is 0 Å². The van der Waals surface area contributed by atoms with Crippen molar-refractivity contribution in [3.8, 4) is 0 Å². The number of nitro benzene ring substituents is 1. The predicted molar refractivity (Wildman–Crippen MR) is 51.5 cm³/mol. The van der Waals surface area contributed by atoms with Gasteiger partial charge in [-0.05, 0) is 6.07 Å². The maximum Gasteiger partial charge on any atom is 0.305 e. The van der Waals surface area contributed by atoms with Gasteiger partial charge in [-0.1, -0.05) is 0 Å². The first-order valence-corrected chi connectivity index (χ1v) is 6.24. The smallest absolute Gasteiger partial charge is 0.258 e. The van der Waals surface area contributed by atoms with Gasteiger partial charge in [0.1, 0.15) is 5.82 Å². The highest BCUT2D eigenvalue weighted by atomic mass is 35.7. The number of halogens is 3. The summed E-state index contributed by atoms with van der Waals surface area (Å²) in [7, 11) is 0.618. The minimum Gasteiger partial charge on any atom is -0.258 e. The second kappa shape index (κ2) is 4.30. The normalized spacial score (nSPS) is 11.4. The molecule has 1 aromatic rings. The first kappa shape index (κ1) is 12.8. The SMILES string of the molecule is O=[N+]([O-])c1ccc(F)c(CS(=O)(=O)Cl)c1F. The van der Waals surface area contributed by atoms with Gasteiger partial charge in [0.05, 0.1) is 10.7 Å². The molecule has 9 heteroatoms. The standard InChI is InChI=1S/C7H4ClF2NO4S/c8-16(14,15)3-4-5(9)1-2-6(7(4)10)11(12)13/h1-2H,3H2. The fourth-order valence-corrected chi connectivity index (χ4v) is 1.97. The van der Waals surface area contributed by atoms with Gasteiger partial charge in [0.2, 0.25) is 14.9 Å². The van der Waals surface area contributed by atoms with Crippen molar-refractivity contribution in [3.05, 3.63) is 39.4 Å². The first-order chi connectivity index (χ1) is 7.22. The molecule has 0 saturated heterocycles. The Morgan fingerprint density at radius 2 is 1.94 bits per heavy atom. The molecule has 0 aromatic heterocycles. The highest BCUT2D eigenvalue weighted by Gasteiger charge is 2.24. The quantitative estimate of drug-likeness (QED) is 0.478. The maximum absolute atomic E-state index is 13.3. The third-order valence-electron chi connectivity index (χ3n) is 1.68. The van der Waals surface area contributed by atoms with E-state index in [2.05, 4.69) is 0 Å². The molecule has 0 radical (unpaired) electrons. The van der Waals surface area contributed by atoms with E-state index in [0.29, 0.717) is 12.1 Å². The molecular weight excluding hydrogens is 268 g/mol. The van der Waals surface area contributed by atoms with Crippen LogP contribution in [0, 0.1) is 21.7 Å². The topological polar surface area (TPSA) is 77.3 Å². The van der Waals surface area contributed by atoms with Crippen LogP contribution in [0.25, 0.3) is 0 Å². The predicted octanol–water partition coefficient (Wildman–Crippen LogP) is 1.94. The van der Waals surface area contributed by atoms with Crippen molar-refractivity contribution in [3.63, 3.8) is 0 Å². The van der Waals surface area contributed by atoms with E-state index in [9.17, 15) is 27.3 Å². The third-order valence-corrected chi connectivity index (χ3v) is 2.64. The van der Waals surface area contributed by atoms with E-state index in [0.717, 1.165) is 0 Å². The van der Waals surface area contributed by atoms with Crippen LogP contribution in [0.4, 0.5) is 14.5 Å². The molecule has 0 aliphatic carbocycles. The van der Waals surface area contributed by atoms with E-state index in [1.807, 2.05) is 0 Å². The minimum atomic E-state index is -4.20. The summed E-state index contributed by atoms with van der Waals surface area (Å²) < 4.78 is 47.6. The van der Waals surface area contributed by atoms with Crippen molar-refractivity contribution < 1.29 is 22.1 Å². The van der Waals surface area contributed by atoms with Crippen LogP contribution in [0.2, 0.25) is 0 Å². The lowest BCUT2D eigenvalue weighted by molar-refractivity contribution is -0.387. The van der Waals surface area contributed by atoms with Gasteiger partial charge in [-0.25, -0.2) is 12.8 Å². The summed E-state index contributed by atoms with van der Waals surface area (Å²) in [5.41, 5.74) is -1.94. The van der Waals surface area contributed by atoms with Crippen molar-refractivity contribution in [1.82, 2.24) is 0 Å². The monoisotopic (exact) mass is 271 g/mol. The zero-order chi connectivity index (χ0) is 12.5. The number of nitro groups is 1. The summed E-state index contributed by atoms with van der Waals surface area (Å²) in [6.07, 6.45) is 0. The highest BCUT2D eigenvalue weighted by Crippen LogP contribution is 2.25. The molecule has 16 heavy (non-hydrogen) atoms. The van der Waals surface area contributed by atoms with Gasteiger partial charge < -0.3 is 0 Å². The van der Waals surface area contributed by atoms with Crippen LogP contribution >= 0.6 is 10.7 Å². The lowest BCUT2D eigenvalue weighted by atomic mass is 10.2. The van der Waals surface area contributed by atoms with Gasteiger partial charge in [0.15, 0.2) is 0 Å². The Hall–Kier alpha value is -1.28. The molecule has 0 spiro atoms. The van der Waals surface area contributed by atoms with E-state index in [1.165, 1.54) is 0 Å². The largest absolute Gasteiger partial charge is 0.305 e. The Balaban J connectivity index is 3.38. The number of benzene rings is 1. The molecule has 0 fully saturated rings. The number of nitrogens with zero attached hydrogens (tertiary/aromatic N) is 1. The van der Waals surface area contributed by atoms with Gasteiger partial charge in [-0.2, -0.15) is 4.39 Å². The van der Waals surface area contributed by atoms with Crippen molar-refractivity contribution in [1.29, 1.82) is 0 Å². The molecule has 88 valence electrons. The molecule has 1 aromatic carbocycles. The zero-order valence-electron chi connectivity index (χ0n) is 7.48. The molecule has 0 atom stereocenters. The summed E-state index contributed by atoms with van der Waals surface area (Å²) in [5.74, 6) is -3.88. The van der Waals surface area contributed by atoms with E-state index < -0.39 is 42.6 Å². The molecular formula is C7H4ClF2NO4S. The lowest BCUT2D eigenvalue weighted by Crippen LogP contribution is -2.04. The Morgan fingerprint density at radius 1 is 1.38 bits per heavy atom. The second-order valence-corrected chi connectivity index (χ2v) is 5.58. The Kier molecular flexibility index (Phi) is 3.44. The van der Waals surface area contributed by atoms with Crippen molar-refractivity contribution in [2.75, 3.05) is 0 Å². The average molecular weight is 272 g/mol. The summed E-state index contributed by atoms with van der Waals surface area (Å²) in [6.45, 7) is 0. The van der Waals surface area contributed by atoms with Gasteiger partial charge in [-0.3, -0.25) is 10.1 Å². The van der Waals surface area contributed by atoms with Crippen LogP contribution in [0.3, 0.4) is 0 Å². The highest BCUT2D eigenvalue weighted by molar-refractivity contribution is 8.13. The van der Waals surface area contributed by atoms with E-state index in [4.69, 9.17) is 10.7 Å². The maximum atomic E-state index is 13.3. The van der Waals surface area contributed by atoms with Crippen LogP contribution in [-0.4, -0.2) is 13.3 Å². The molecule has 0 saturated carbocycles. The number of hydrogen-bond acceptors (Lipinski definition) is 4. The van der Waals surface area contributed by atoms with Crippen molar-refractivity contribution >= 4 is 25.4 Å². The molecule has 0 aliphatic rings. The van der Waals surface area contributed by atoms with Crippen molar-refractivity contribution in [2.24, 2.45) is 0 Å². The van der Waals surface area contributed by atoms with Gasteiger partial charge >= 0.3 is 5.69 Å². The molecule has 1 rings (SSSR count). The van der Waals surface area contributed by atoms with Crippen LogP contribution < -0.4 is 0 Å². The van der Waals surface area contributed by atoms with Crippen molar-refractivity contribution in [2.45, 2.75) is 5.75 Å². The molecule has 5 nitrogen and oxygen atoms in total. The number of hydrogen-bond donors (Lipinski definition) is 0. The Labute approximate surface area is 93.2 Å². The molecule has 0 heterocycles. The van der Waals surface area contributed by atoms with Crippen LogP contribution in [0.1, 0.15) is 5.56 Å². The van der Waals surface area contributed by atoms with Crippen LogP contribution in [0.15, 0.2) is 12.1 Å². The van der Waals surface area contributed by atoms with Gasteiger partial charge in [-0.15, -0.1) is 0 Å². The Morgan fingerprint density at radius 3 is 2.38 bits per heavy atom. The van der Waals surface area contributed by atoms with E-state index in [-0.39, 0.29) is 0 Å². The van der Waals surface area contributed by atoms with E-state index >= 15 is 0 Å². The van der Waals surface area contributed by atoms with E-state index in [1.54, 1.807) is 0 Å². The van der Waals surface area contributed by atoms with Gasteiger partial charge in [0, 0.05) is 22.3 Å².